The fraction of sp³-hybridized carbons (Fsp3) is 0.333. The van der Waals surface area contributed by atoms with Crippen LogP contribution >= 0.6 is 11.3 Å². The Bertz CT molecular complexity index is 1130. The van der Waals surface area contributed by atoms with Gasteiger partial charge in [0.25, 0.3) is 5.91 Å². The lowest BCUT2D eigenvalue weighted by Crippen LogP contribution is -2.40. The minimum atomic E-state index is -0.320. The average molecular weight is 493 g/mol. The van der Waals surface area contributed by atoms with E-state index in [1.54, 1.807) is 22.4 Å². The molecule has 7 nitrogen and oxygen atoms in total. The molecule has 35 heavy (non-hydrogen) atoms. The van der Waals surface area contributed by atoms with Crippen molar-refractivity contribution in [1.29, 1.82) is 0 Å². The van der Waals surface area contributed by atoms with E-state index in [9.17, 15) is 14.4 Å². The molecule has 2 N–H and O–H groups in total. The molecule has 184 valence electrons. The van der Waals surface area contributed by atoms with E-state index in [4.69, 9.17) is 0 Å². The minimum Gasteiger partial charge on any atom is -0.355 e. The number of thiazole rings is 1. The number of hydrogen-bond donors (Lipinski definition) is 2. The molecule has 2 aromatic carbocycles. The Morgan fingerprint density at radius 2 is 1.71 bits per heavy atom. The van der Waals surface area contributed by atoms with E-state index in [1.807, 2.05) is 63.2 Å². The van der Waals surface area contributed by atoms with Crippen molar-refractivity contribution in [3.05, 3.63) is 82.4 Å². The highest BCUT2D eigenvalue weighted by molar-refractivity contribution is 7.13. The highest BCUT2D eigenvalue weighted by Crippen LogP contribution is 2.16. The number of rotatable bonds is 11. The monoisotopic (exact) mass is 492 g/mol. The van der Waals surface area contributed by atoms with Crippen LogP contribution < -0.4 is 10.6 Å². The van der Waals surface area contributed by atoms with Crippen LogP contribution in [-0.4, -0.2) is 47.2 Å². The van der Waals surface area contributed by atoms with Gasteiger partial charge in [0.2, 0.25) is 11.8 Å². The molecular formula is C27H32N4O3S. The lowest BCUT2D eigenvalue weighted by Gasteiger charge is -2.24. The molecular weight excluding hydrogens is 460 g/mol. The van der Waals surface area contributed by atoms with Gasteiger partial charge < -0.3 is 15.5 Å². The van der Waals surface area contributed by atoms with Gasteiger partial charge >= 0.3 is 0 Å². The molecule has 8 heteroatoms. The van der Waals surface area contributed by atoms with E-state index in [-0.39, 0.29) is 36.6 Å². The first kappa shape index (κ1) is 26.1. The molecule has 0 bridgehead atoms. The van der Waals surface area contributed by atoms with Crippen molar-refractivity contribution in [1.82, 2.24) is 15.2 Å². The molecule has 3 rings (SSSR count). The van der Waals surface area contributed by atoms with Crippen LogP contribution in [0.2, 0.25) is 0 Å². The van der Waals surface area contributed by atoms with Gasteiger partial charge in [-0.05, 0) is 37.0 Å². The van der Waals surface area contributed by atoms with Crippen LogP contribution in [0.1, 0.15) is 41.0 Å². The average Bonchev–Trinajstić information content (AvgIpc) is 3.25. The van der Waals surface area contributed by atoms with Crippen molar-refractivity contribution in [2.75, 3.05) is 25.0 Å². The fourth-order valence-corrected chi connectivity index (χ4v) is 4.26. The SMILES string of the molecule is Cc1ccc(C(=O)N(CC(=O)Nc2nc(CC(=O)NCCc3ccccc3)cs2)CC(C)C)cc1. The van der Waals surface area contributed by atoms with Crippen molar-refractivity contribution in [2.24, 2.45) is 5.92 Å². The van der Waals surface area contributed by atoms with Gasteiger partial charge in [0.1, 0.15) is 6.54 Å². The fourth-order valence-electron chi connectivity index (χ4n) is 3.53. The van der Waals surface area contributed by atoms with Crippen LogP contribution in [-0.2, 0) is 22.4 Å². The minimum absolute atomic E-state index is 0.0697. The van der Waals surface area contributed by atoms with Crippen molar-refractivity contribution >= 4 is 34.2 Å². The van der Waals surface area contributed by atoms with E-state index >= 15 is 0 Å². The van der Waals surface area contributed by atoms with Crippen LogP contribution in [0.15, 0.2) is 60.0 Å². The molecule has 0 saturated carbocycles. The number of aryl methyl sites for hydroxylation is 1. The quantitative estimate of drug-likeness (QED) is 0.422. The summed E-state index contributed by atoms with van der Waals surface area (Å²) >= 11 is 1.26. The summed E-state index contributed by atoms with van der Waals surface area (Å²) in [6.07, 6.45) is 0.908. The zero-order valence-electron chi connectivity index (χ0n) is 20.4. The summed E-state index contributed by atoms with van der Waals surface area (Å²) in [4.78, 5) is 43.8. The number of nitrogens with one attached hydrogen (secondary N) is 2. The molecule has 1 heterocycles. The second-order valence-corrected chi connectivity index (χ2v) is 9.76. The highest BCUT2D eigenvalue weighted by Gasteiger charge is 2.20. The Kier molecular flexibility index (Phi) is 9.55. The Morgan fingerprint density at radius 1 is 1.00 bits per heavy atom. The van der Waals surface area contributed by atoms with Crippen molar-refractivity contribution in [3.8, 4) is 0 Å². The van der Waals surface area contributed by atoms with Gasteiger partial charge in [-0.15, -0.1) is 11.3 Å². The third kappa shape index (κ3) is 8.64. The molecule has 0 spiro atoms. The summed E-state index contributed by atoms with van der Waals surface area (Å²) < 4.78 is 0. The normalized spacial score (nSPS) is 10.7. The van der Waals surface area contributed by atoms with Crippen LogP contribution in [0.4, 0.5) is 5.13 Å². The molecule has 3 aromatic rings. The molecule has 3 amide bonds. The molecule has 0 aliphatic carbocycles. The molecule has 0 fully saturated rings. The van der Waals surface area contributed by atoms with Gasteiger partial charge in [0, 0.05) is 24.0 Å². The molecule has 1 aromatic heterocycles. The summed E-state index contributed by atoms with van der Waals surface area (Å²) in [6.45, 7) is 6.92. The van der Waals surface area contributed by atoms with E-state index in [2.05, 4.69) is 15.6 Å². The first-order valence-corrected chi connectivity index (χ1v) is 12.6. The number of carbonyl (C=O) groups is 3. The smallest absolute Gasteiger partial charge is 0.254 e. The summed E-state index contributed by atoms with van der Waals surface area (Å²) in [5.74, 6) is -0.403. The number of amides is 3. The van der Waals surface area contributed by atoms with Gasteiger partial charge in [0.15, 0.2) is 5.13 Å². The predicted octanol–water partition coefficient (Wildman–Crippen LogP) is 4.09. The number of hydrogen-bond acceptors (Lipinski definition) is 5. The van der Waals surface area contributed by atoms with E-state index in [0.717, 1.165) is 12.0 Å². The Morgan fingerprint density at radius 3 is 2.40 bits per heavy atom. The lowest BCUT2D eigenvalue weighted by molar-refractivity contribution is -0.120. The Labute approximate surface area is 210 Å². The maximum absolute atomic E-state index is 13.0. The predicted molar refractivity (Wildman–Crippen MR) is 140 cm³/mol. The van der Waals surface area contributed by atoms with Gasteiger partial charge in [-0.2, -0.15) is 0 Å². The number of carbonyl (C=O) groups excluding carboxylic acids is 3. The lowest BCUT2D eigenvalue weighted by atomic mass is 10.1. The number of benzene rings is 2. The van der Waals surface area contributed by atoms with Crippen molar-refractivity contribution < 1.29 is 14.4 Å². The maximum Gasteiger partial charge on any atom is 0.254 e. The number of anilines is 1. The highest BCUT2D eigenvalue weighted by atomic mass is 32.1. The molecule has 0 aliphatic heterocycles. The molecule has 0 saturated heterocycles. The molecule has 0 aliphatic rings. The maximum atomic E-state index is 13.0. The van der Waals surface area contributed by atoms with Crippen LogP contribution in [0.3, 0.4) is 0 Å². The Balaban J connectivity index is 1.50. The largest absolute Gasteiger partial charge is 0.355 e. The van der Waals surface area contributed by atoms with Crippen LogP contribution in [0.5, 0.6) is 0 Å². The van der Waals surface area contributed by atoms with Gasteiger partial charge in [0.05, 0.1) is 12.1 Å². The first-order valence-electron chi connectivity index (χ1n) is 11.7. The number of aromatic nitrogens is 1. The molecule has 0 atom stereocenters. The summed E-state index contributed by atoms with van der Waals surface area (Å²) in [7, 11) is 0. The standard InChI is InChI=1S/C27H32N4O3S/c1-19(2)16-31(26(34)22-11-9-20(3)10-12-22)17-25(33)30-27-29-23(18-35-27)15-24(32)28-14-13-21-7-5-4-6-8-21/h4-12,18-19H,13-17H2,1-3H3,(H,28,32)(H,29,30,33). The third-order valence-corrected chi connectivity index (χ3v) is 6.03. The third-order valence-electron chi connectivity index (χ3n) is 5.22. The molecule has 0 unspecified atom stereocenters. The van der Waals surface area contributed by atoms with E-state index in [1.165, 1.54) is 16.9 Å². The zero-order valence-corrected chi connectivity index (χ0v) is 21.2. The summed E-state index contributed by atoms with van der Waals surface area (Å²) in [5.41, 5.74) is 3.38. The Hall–Kier alpha value is -3.52. The summed E-state index contributed by atoms with van der Waals surface area (Å²) in [5, 5.41) is 7.83. The van der Waals surface area contributed by atoms with E-state index < -0.39 is 0 Å². The van der Waals surface area contributed by atoms with Crippen molar-refractivity contribution in [3.63, 3.8) is 0 Å². The molecule has 0 radical (unpaired) electrons. The van der Waals surface area contributed by atoms with Gasteiger partial charge in [-0.25, -0.2) is 4.98 Å². The second-order valence-electron chi connectivity index (χ2n) is 8.90. The van der Waals surface area contributed by atoms with Gasteiger partial charge in [-0.3, -0.25) is 14.4 Å². The number of nitrogens with zero attached hydrogens (tertiary/aromatic N) is 2. The van der Waals surface area contributed by atoms with Crippen molar-refractivity contribution in [2.45, 2.75) is 33.6 Å². The zero-order chi connectivity index (χ0) is 25.2. The topological polar surface area (TPSA) is 91.4 Å². The van der Waals surface area contributed by atoms with Gasteiger partial charge in [-0.1, -0.05) is 61.9 Å². The summed E-state index contributed by atoms with van der Waals surface area (Å²) in [6, 6.07) is 17.3. The second kappa shape index (κ2) is 12.8. The van der Waals surface area contributed by atoms with E-state index in [0.29, 0.717) is 29.5 Å². The first-order chi connectivity index (χ1) is 16.8. The van der Waals surface area contributed by atoms with Crippen LogP contribution in [0, 0.1) is 12.8 Å². The van der Waals surface area contributed by atoms with Crippen LogP contribution in [0.25, 0.3) is 0 Å².